The molecule has 0 amide bonds. The van der Waals surface area contributed by atoms with Crippen molar-refractivity contribution in [2.75, 3.05) is 10.6 Å². The van der Waals surface area contributed by atoms with Gasteiger partial charge in [-0.25, -0.2) is 0 Å². The Morgan fingerprint density at radius 3 is 2.16 bits per heavy atom. The highest BCUT2D eigenvalue weighted by Gasteiger charge is 2.14. The van der Waals surface area contributed by atoms with E-state index in [1.807, 2.05) is 85.8 Å². The highest BCUT2D eigenvalue weighted by molar-refractivity contribution is 7.80. The lowest BCUT2D eigenvalue weighted by Crippen LogP contribution is -2.21. The zero-order valence-electron chi connectivity index (χ0n) is 13.8. The summed E-state index contributed by atoms with van der Waals surface area (Å²) >= 11 is 5.38. The smallest absolute Gasteiger partial charge is 0.195 e. The summed E-state index contributed by atoms with van der Waals surface area (Å²) in [7, 11) is 0. The van der Waals surface area contributed by atoms with Gasteiger partial charge in [-0.2, -0.15) is 0 Å². The average Bonchev–Trinajstić information content (AvgIpc) is 2.64. The van der Waals surface area contributed by atoms with E-state index in [2.05, 4.69) is 10.6 Å². The number of thiocarbonyl (C=S) groups is 1. The van der Waals surface area contributed by atoms with Crippen LogP contribution in [-0.2, 0) is 0 Å². The Kier molecular flexibility index (Phi) is 5.21. The van der Waals surface area contributed by atoms with Gasteiger partial charge in [0.05, 0.1) is 5.69 Å². The van der Waals surface area contributed by atoms with Crippen molar-refractivity contribution in [1.82, 2.24) is 0 Å². The van der Waals surface area contributed by atoms with Crippen LogP contribution in [-0.4, -0.2) is 10.9 Å². The first-order chi connectivity index (χ1) is 12.1. The van der Waals surface area contributed by atoms with Crippen LogP contribution in [0, 0.1) is 6.92 Å². The molecule has 3 aromatic carbocycles. The van der Waals surface area contributed by atoms with Gasteiger partial charge in [-0.1, -0.05) is 60.2 Å². The third kappa shape index (κ3) is 4.31. The molecule has 0 spiro atoms. The number of hydrogen-bond acceptors (Lipinski definition) is 2. The molecular weight excluding hydrogens is 328 g/mol. The molecule has 0 aliphatic carbocycles. The van der Waals surface area contributed by atoms with Crippen molar-refractivity contribution in [2.45, 2.75) is 6.92 Å². The number of carbonyl (C=O) groups is 1. The highest BCUT2D eigenvalue weighted by atomic mass is 32.1. The fourth-order valence-electron chi connectivity index (χ4n) is 2.51. The monoisotopic (exact) mass is 346 g/mol. The Morgan fingerprint density at radius 1 is 0.840 bits per heavy atom. The topological polar surface area (TPSA) is 41.1 Å². The van der Waals surface area contributed by atoms with Crippen molar-refractivity contribution in [3.05, 3.63) is 95.6 Å². The molecule has 3 rings (SSSR count). The molecule has 0 saturated carbocycles. The van der Waals surface area contributed by atoms with Crippen LogP contribution in [0.5, 0.6) is 0 Å². The van der Waals surface area contributed by atoms with Crippen LogP contribution in [0.3, 0.4) is 0 Å². The normalized spacial score (nSPS) is 10.1. The van der Waals surface area contributed by atoms with Crippen LogP contribution in [0.4, 0.5) is 11.4 Å². The van der Waals surface area contributed by atoms with Gasteiger partial charge in [0, 0.05) is 16.8 Å². The van der Waals surface area contributed by atoms with E-state index in [9.17, 15) is 4.79 Å². The van der Waals surface area contributed by atoms with Crippen molar-refractivity contribution < 1.29 is 4.79 Å². The molecule has 2 N–H and O–H groups in total. The fraction of sp³-hybridized carbons (Fsp3) is 0.0476. The van der Waals surface area contributed by atoms with Gasteiger partial charge in [-0.3, -0.25) is 4.79 Å². The minimum Gasteiger partial charge on any atom is -0.332 e. The van der Waals surface area contributed by atoms with Crippen LogP contribution in [0.25, 0.3) is 0 Å². The van der Waals surface area contributed by atoms with Crippen LogP contribution in [0.2, 0.25) is 0 Å². The maximum absolute atomic E-state index is 12.9. The molecule has 0 saturated heterocycles. The number of anilines is 2. The number of nitrogens with one attached hydrogen (secondary N) is 2. The van der Waals surface area contributed by atoms with E-state index in [1.165, 1.54) is 0 Å². The van der Waals surface area contributed by atoms with Crippen molar-refractivity contribution in [1.29, 1.82) is 0 Å². The molecule has 4 heteroatoms. The standard InChI is InChI=1S/C21H18N2OS/c1-15-12-13-19(23-21(25)22-17-10-6-3-7-11-17)18(14-15)20(24)16-8-4-2-5-9-16/h2-14H,1H3,(H2,22,23,25). The summed E-state index contributed by atoms with van der Waals surface area (Å²) in [5.41, 5.74) is 3.85. The van der Waals surface area contributed by atoms with Crippen LogP contribution in [0.1, 0.15) is 21.5 Å². The predicted octanol–water partition coefficient (Wildman–Crippen LogP) is 5.03. The first kappa shape index (κ1) is 16.9. The third-order valence-electron chi connectivity index (χ3n) is 3.74. The van der Waals surface area contributed by atoms with Crippen LogP contribution >= 0.6 is 12.2 Å². The molecule has 0 bridgehead atoms. The van der Waals surface area contributed by atoms with E-state index in [0.29, 0.717) is 21.9 Å². The van der Waals surface area contributed by atoms with Crippen molar-refractivity contribution in [3.63, 3.8) is 0 Å². The number of aryl methyl sites for hydroxylation is 1. The molecular formula is C21H18N2OS. The number of hydrogen-bond donors (Lipinski definition) is 2. The Hall–Kier alpha value is -2.98. The SMILES string of the molecule is Cc1ccc(NC(=S)Nc2ccccc2)c(C(=O)c2ccccc2)c1. The van der Waals surface area contributed by atoms with Gasteiger partial charge in [0.25, 0.3) is 0 Å². The summed E-state index contributed by atoms with van der Waals surface area (Å²) in [6.07, 6.45) is 0. The van der Waals surface area contributed by atoms with E-state index in [1.54, 1.807) is 0 Å². The Labute approximate surface area is 152 Å². The second kappa shape index (κ2) is 7.73. The van der Waals surface area contributed by atoms with E-state index in [4.69, 9.17) is 12.2 Å². The van der Waals surface area contributed by atoms with E-state index >= 15 is 0 Å². The predicted molar refractivity (Wildman–Crippen MR) is 107 cm³/mol. The molecule has 25 heavy (non-hydrogen) atoms. The molecule has 3 aromatic rings. The number of ketones is 1. The molecule has 0 radical (unpaired) electrons. The first-order valence-corrected chi connectivity index (χ1v) is 8.38. The lowest BCUT2D eigenvalue weighted by molar-refractivity contribution is 0.103. The quantitative estimate of drug-likeness (QED) is 0.513. The second-order valence-electron chi connectivity index (χ2n) is 5.69. The molecule has 0 heterocycles. The van der Waals surface area contributed by atoms with Crippen molar-refractivity contribution >= 4 is 34.5 Å². The van der Waals surface area contributed by atoms with E-state index in [0.717, 1.165) is 11.3 Å². The number of benzene rings is 3. The van der Waals surface area contributed by atoms with Gasteiger partial charge < -0.3 is 10.6 Å². The zero-order chi connectivity index (χ0) is 17.6. The average molecular weight is 346 g/mol. The van der Waals surface area contributed by atoms with Gasteiger partial charge in [-0.15, -0.1) is 0 Å². The van der Waals surface area contributed by atoms with Gasteiger partial charge in [-0.05, 0) is 43.4 Å². The molecule has 3 nitrogen and oxygen atoms in total. The van der Waals surface area contributed by atoms with Gasteiger partial charge in [0.15, 0.2) is 10.9 Å². The third-order valence-corrected chi connectivity index (χ3v) is 3.94. The number of rotatable bonds is 4. The van der Waals surface area contributed by atoms with Gasteiger partial charge >= 0.3 is 0 Å². The van der Waals surface area contributed by atoms with E-state index in [-0.39, 0.29) is 5.78 Å². The molecule has 0 aromatic heterocycles. The highest BCUT2D eigenvalue weighted by Crippen LogP contribution is 2.21. The Balaban J connectivity index is 1.84. The summed E-state index contributed by atoms with van der Waals surface area (Å²) in [5, 5.41) is 6.70. The number of para-hydroxylation sites is 1. The summed E-state index contributed by atoms with van der Waals surface area (Å²) in [6.45, 7) is 1.96. The molecule has 0 aliphatic heterocycles. The summed E-state index contributed by atoms with van der Waals surface area (Å²) in [4.78, 5) is 12.9. The first-order valence-electron chi connectivity index (χ1n) is 7.97. The summed E-state index contributed by atoms with van der Waals surface area (Å²) in [6, 6.07) is 24.6. The summed E-state index contributed by atoms with van der Waals surface area (Å²) in [5.74, 6) is -0.0330. The molecule has 0 unspecified atom stereocenters. The van der Waals surface area contributed by atoms with Crippen molar-refractivity contribution in [3.8, 4) is 0 Å². The largest absolute Gasteiger partial charge is 0.332 e. The minimum absolute atomic E-state index is 0.0330. The molecule has 0 atom stereocenters. The Morgan fingerprint density at radius 2 is 1.48 bits per heavy atom. The second-order valence-corrected chi connectivity index (χ2v) is 6.10. The minimum atomic E-state index is -0.0330. The summed E-state index contributed by atoms with van der Waals surface area (Å²) < 4.78 is 0. The zero-order valence-corrected chi connectivity index (χ0v) is 14.6. The lowest BCUT2D eigenvalue weighted by atomic mass is 10.00. The fourth-order valence-corrected chi connectivity index (χ4v) is 2.73. The van der Waals surface area contributed by atoms with Crippen LogP contribution in [0.15, 0.2) is 78.9 Å². The van der Waals surface area contributed by atoms with Crippen LogP contribution < -0.4 is 10.6 Å². The lowest BCUT2D eigenvalue weighted by Gasteiger charge is -2.14. The van der Waals surface area contributed by atoms with E-state index < -0.39 is 0 Å². The molecule has 0 fully saturated rings. The van der Waals surface area contributed by atoms with Gasteiger partial charge in [0.2, 0.25) is 0 Å². The Bertz CT molecular complexity index is 892. The maximum Gasteiger partial charge on any atom is 0.195 e. The number of carbonyl (C=O) groups excluding carboxylic acids is 1. The molecule has 124 valence electrons. The van der Waals surface area contributed by atoms with Crippen molar-refractivity contribution in [2.24, 2.45) is 0 Å². The maximum atomic E-state index is 12.9. The van der Waals surface area contributed by atoms with Gasteiger partial charge in [0.1, 0.15) is 0 Å². The molecule has 0 aliphatic rings.